The average Bonchev–Trinajstić information content (AvgIpc) is 2.38. The van der Waals surface area contributed by atoms with Crippen molar-refractivity contribution in [2.24, 2.45) is 5.73 Å². The van der Waals surface area contributed by atoms with Gasteiger partial charge in [0.2, 0.25) is 0 Å². The molecule has 1 rings (SSSR count). The maximum atomic E-state index is 11.6. The van der Waals surface area contributed by atoms with E-state index in [1.54, 1.807) is 13.8 Å². The number of esters is 1. The van der Waals surface area contributed by atoms with Crippen LogP contribution in [0, 0.1) is 0 Å². The Morgan fingerprint density at radius 2 is 2.30 bits per heavy atom. The lowest BCUT2D eigenvalue weighted by Gasteiger charge is -2.21. The minimum absolute atomic E-state index is 0.153. The first-order valence-corrected chi connectivity index (χ1v) is 7.58. The van der Waals surface area contributed by atoms with Crippen molar-refractivity contribution in [2.75, 3.05) is 12.4 Å². The molecule has 1 aromatic rings. The van der Waals surface area contributed by atoms with E-state index in [0.29, 0.717) is 18.2 Å². The number of nitrogens with two attached hydrogens (primary N) is 1. The molecule has 0 aromatic carbocycles. The smallest absolute Gasteiger partial charge is 0.325 e. The van der Waals surface area contributed by atoms with Gasteiger partial charge >= 0.3 is 5.97 Å². The Labute approximate surface area is 122 Å². The van der Waals surface area contributed by atoms with Crippen LogP contribution in [0.2, 0.25) is 0 Å². The van der Waals surface area contributed by atoms with Crippen molar-refractivity contribution >= 4 is 17.7 Å². The number of aromatic nitrogens is 2. The molecule has 1 aromatic heterocycles. The molecular weight excluding hydrogens is 278 g/mol. The van der Waals surface area contributed by atoms with E-state index in [9.17, 15) is 9.59 Å². The van der Waals surface area contributed by atoms with Gasteiger partial charge in [-0.25, -0.2) is 4.98 Å². The van der Waals surface area contributed by atoms with Crippen molar-refractivity contribution in [3.8, 4) is 0 Å². The highest BCUT2D eigenvalue weighted by Crippen LogP contribution is 2.17. The van der Waals surface area contributed by atoms with E-state index in [0.717, 1.165) is 18.6 Å². The third-order valence-corrected chi connectivity index (χ3v) is 3.69. The van der Waals surface area contributed by atoms with E-state index in [1.165, 1.54) is 24.0 Å². The number of ether oxygens (including phenoxy) is 1. The zero-order valence-electron chi connectivity index (χ0n) is 11.8. The van der Waals surface area contributed by atoms with Gasteiger partial charge in [-0.05, 0) is 26.7 Å². The molecule has 0 radical (unpaired) electrons. The third kappa shape index (κ3) is 5.75. The van der Waals surface area contributed by atoms with Gasteiger partial charge in [0.25, 0.3) is 5.56 Å². The summed E-state index contributed by atoms with van der Waals surface area (Å²) in [5.41, 5.74) is 4.83. The molecule has 0 aliphatic carbocycles. The third-order valence-electron chi connectivity index (χ3n) is 2.72. The summed E-state index contributed by atoms with van der Waals surface area (Å²) in [7, 11) is 0. The van der Waals surface area contributed by atoms with Crippen molar-refractivity contribution in [1.82, 2.24) is 9.97 Å². The van der Waals surface area contributed by atoms with E-state index in [2.05, 4.69) is 9.97 Å². The molecule has 20 heavy (non-hydrogen) atoms. The van der Waals surface area contributed by atoms with Crippen LogP contribution in [0.3, 0.4) is 0 Å². The Morgan fingerprint density at radius 1 is 1.55 bits per heavy atom. The lowest BCUT2D eigenvalue weighted by molar-refractivity contribution is -0.149. The summed E-state index contributed by atoms with van der Waals surface area (Å²) >= 11 is 1.48. The molecule has 0 aliphatic heterocycles. The number of nitrogens with one attached hydrogen (secondary N) is 1. The minimum atomic E-state index is -0.931. The summed E-state index contributed by atoms with van der Waals surface area (Å²) in [4.78, 5) is 29.3. The summed E-state index contributed by atoms with van der Waals surface area (Å²) in [5, 5.41) is 0.610. The van der Waals surface area contributed by atoms with E-state index in [1.807, 2.05) is 0 Å². The van der Waals surface area contributed by atoms with Gasteiger partial charge in [-0.2, -0.15) is 0 Å². The van der Waals surface area contributed by atoms with Crippen LogP contribution in [0.25, 0.3) is 0 Å². The molecule has 1 heterocycles. The Kier molecular flexibility index (Phi) is 6.74. The first-order valence-electron chi connectivity index (χ1n) is 6.60. The number of carbonyl (C=O) groups is 1. The number of hydrogen-bond acceptors (Lipinski definition) is 6. The molecule has 3 N–H and O–H groups in total. The fourth-order valence-electron chi connectivity index (χ4n) is 1.59. The highest BCUT2D eigenvalue weighted by Gasteiger charge is 2.28. The first kappa shape index (κ1) is 16.7. The molecule has 6 nitrogen and oxygen atoms in total. The van der Waals surface area contributed by atoms with E-state index in [4.69, 9.17) is 10.5 Å². The zero-order valence-corrected chi connectivity index (χ0v) is 12.7. The van der Waals surface area contributed by atoms with Gasteiger partial charge in [-0.1, -0.05) is 18.2 Å². The van der Waals surface area contributed by atoms with Gasteiger partial charge in [0.15, 0.2) is 5.16 Å². The van der Waals surface area contributed by atoms with Gasteiger partial charge in [0, 0.05) is 18.0 Å². The molecule has 1 atom stereocenters. The van der Waals surface area contributed by atoms with Crippen molar-refractivity contribution in [1.29, 1.82) is 0 Å². The highest BCUT2D eigenvalue weighted by atomic mass is 32.2. The van der Waals surface area contributed by atoms with Crippen LogP contribution in [0.4, 0.5) is 0 Å². The number of nitrogens with zero attached hydrogens (tertiary/aromatic N) is 1. The lowest BCUT2D eigenvalue weighted by Crippen LogP contribution is -2.46. The largest absolute Gasteiger partial charge is 0.465 e. The Hall–Kier alpha value is -1.34. The molecule has 0 fully saturated rings. The number of aromatic amines is 1. The standard InChI is InChI=1S/C13H21N3O3S/c1-3-19-11(18)13(2,14)7-4-5-9-20-12-15-8-6-10(17)16-12/h6,8H,3-5,7,9,14H2,1-2H3,(H,15,16,17). The van der Waals surface area contributed by atoms with E-state index in [-0.39, 0.29) is 11.5 Å². The average molecular weight is 299 g/mol. The number of thioether (sulfide) groups is 1. The van der Waals surface area contributed by atoms with Crippen LogP contribution in [0.15, 0.2) is 22.2 Å². The zero-order chi connectivity index (χ0) is 15.0. The quantitative estimate of drug-likeness (QED) is 0.325. The number of rotatable bonds is 8. The fourth-order valence-corrected chi connectivity index (χ4v) is 2.44. The molecule has 0 bridgehead atoms. The highest BCUT2D eigenvalue weighted by molar-refractivity contribution is 7.99. The second-order valence-electron chi connectivity index (χ2n) is 4.68. The van der Waals surface area contributed by atoms with Crippen LogP contribution in [-0.4, -0.2) is 33.8 Å². The monoisotopic (exact) mass is 299 g/mol. The summed E-state index contributed by atoms with van der Waals surface area (Å²) in [6.07, 6.45) is 3.76. The van der Waals surface area contributed by atoms with Gasteiger partial charge in [0.05, 0.1) is 6.61 Å². The second-order valence-corrected chi connectivity index (χ2v) is 5.77. The van der Waals surface area contributed by atoms with Gasteiger partial charge in [-0.15, -0.1) is 0 Å². The second kappa shape index (κ2) is 8.06. The van der Waals surface area contributed by atoms with Crippen LogP contribution in [0.1, 0.15) is 33.1 Å². The topological polar surface area (TPSA) is 98.1 Å². The van der Waals surface area contributed by atoms with Crippen LogP contribution in [0.5, 0.6) is 0 Å². The van der Waals surface area contributed by atoms with Gasteiger partial charge in [-0.3, -0.25) is 9.59 Å². The molecule has 1 unspecified atom stereocenters. The number of carbonyl (C=O) groups excluding carboxylic acids is 1. The molecule has 0 saturated carbocycles. The van der Waals surface area contributed by atoms with Crippen LogP contribution >= 0.6 is 11.8 Å². The Balaban J connectivity index is 2.25. The van der Waals surface area contributed by atoms with Crippen molar-refractivity contribution < 1.29 is 9.53 Å². The molecule has 7 heteroatoms. The normalized spacial score (nSPS) is 13.8. The predicted octanol–water partition coefficient (Wildman–Crippen LogP) is 1.31. The SMILES string of the molecule is CCOC(=O)C(C)(N)CCCCSc1nccc(=O)[nH]1. The molecule has 0 spiro atoms. The maximum Gasteiger partial charge on any atom is 0.325 e. The predicted molar refractivity (Wildman–Crippen MR) is 78.7 cm³/mol. The number of H-pyrrole nitrogens is 1. The molecule has 0 aliphatic rings. The first-order chi connectivity index (χ1) is 9.45. The van der Waals surface area contributed by atoms with E-state index >= 15 is 0 Å². The van der Waals surface area contributed by atoms with E-state index < -0.39 is 5.54 Å². The molecule has 112 valence electrons. The fraction of sp³-hybridized carbons (Fsp3) is 0.615. The lowest BCUT2D eigenvalue weighted by atomic mass is 9.96. The summed E-state index contributed by atoms with van der Waals surface area (Å²) in [6, 6.07) is 1.38. The summed E-state index contributed by atoms with van der Waals surface area (Å²) in [6.45, 7) is 3.79. The molecule has 0 amide bonds. The maximum absolute atomic E-state index is 11.6. The van der Waals surface area contributed by atoms with Gasteiger partial charge in [0.1, 0.15) is 5.54 Å². The van der Waals surface area contributed by atoms with Crippen LogP contribution < -0.4 is 11.3 Å². The van der Waals surface area contributed by atoms with Crippen molar-refractivity contribution in [2.45, 2.75) is 43.8 Å². The van der Waals surface area contributed by atoms with Crippen LogP contribution in [-0.2, 0) is 9.53 Å². The Morgan fingerprint density at radius 3 is 2.95 bits per heavy atom. The summed E-state index contributed by atoms with van der Waals surface area (Å²) < 4.78 is 4.93. The number of unbranched alkanes of at least 4 members (excludes halogenated alkanes) is 1. The number of hydrogen-bond donors (Lipinski definition) is 2. The Bertz CT molecular complexity index is 488. The molecule has 0 saturated heterocycles. The minimum Gasteiger partial charge on any atom is -0.465 e. The van der Waals surface area contributed by atoms with Crippen molar-refractivity contribution in [3.05, 3.63) is 22.6 Å². The molecular formula is C13H21N3O3S. The van der Waals surface area contributed by atoms with Gasteiger partial charge < -0.3 is 15.5 Å². The summed E-state index contributed by atoms with van der Waals surface area (Å²) in [5.74, 6) is 0.452. The van der Waals surface area contributed by atoms with Crippen molar-refractivity contribution in [3.63, 3.8) is 0 Å².